The van der Waals surface area contributed by atoms with Crippen molar-refractivity contribution in [2.75, 3.05) is 13.7 Å². The fourth-order valence-electron chi connectivity index (χ4n) is 3.28. The van der Waals surface area contributed by atoms with Gasteiger partial charge in [-0.3, -0.25) is 4.99 Å². The Balaban J connectivity index is 0.00000208. The van der Waals surface area contributed by atoms with Crippen molar-refractivity contribution in [1.29, 1.82) is 0 Å². The average Bonchev–Trinajstić information content (AvgIpc) is 3.20. The van der Waals surface area contributed by atoms with Gasteiger partial charge in [0, 0.05) is 19.2 Å². The number of fused-ring (bicyclic) bond motifs is 2. The van der Waals surface area contributed by atoms with E-state index in [4.69, 9.17) is 9.47 Å². The van der Waals surface area contributed by atoms with Gasteiger partial charge in [0.05, 0.1) is 18.2 Å². The van der Waals surface area contributed by atoms with Crippen LogP contribution in [-0.2, 0) is 11.3 Å². The van der Waals surface area contributed by atoms with Crippen molar-refractivity contribution < 1.29 is 9.47 Å². The fraction of sp³-hybridized carbons (Fsp3) is 0.500. The zero-order valence-corrected chi connectivity index (χ0v) is 16.4. The molecule has 2 fully saturated rings. The van der Waals surface area contributed by atoms with Gasteiger partial charge in [-0.1, -0.05) is 30.9 Å². The Hall–Kier alpha value is -1.28. The van der Waals surface area contributed by atoms with E-state index in [1.54, 1.807) is 13.1 Å². The monoisotopic (exact) mass is 443 g/mol. The fourth-order valence-corrected chi connectivity index (χ4v) is 3.28. The van der Waals surface area contributed by atoms with Gasteiger partial charge < -0.3 is 20.1 Å². The van der Waals surface area contributed by atoms with Crippen molar-refractivity contribution in [2.24, 2.45) is 4.99 Å². The summed E-state index contributed by atoms with van der Waals surface area (Å²) in [5.41, 5.74) is 1.10. The summed E-state index contributed by atoms with van der Waals surface area (Å²) in [4.78, 5) is 4.32. The summed E-state index contributed by atoms with van der Waals surface area (Å²) >= 11 is 0. The van der Waals surface area contributed by atoms with Crippen molar-refractivity contribution in [3.8, 4) is 5.75 Å². The quantitative estimate of drug-likeness (QED) is 0.307. The van der Waals surface area contributed by atoms with E-state index < -0.39 is 0 Å². The van der Waals surface area contributed by atoms with Crippen molar-refractivity contribution in [3.63, 3.8) is 0 Å². The number of guanidine groups is 1. The van der Waals surface area contributed by atoms with Crippen LogP contribution < -0.4 is 15.4 Å². The van der Waals surface area contributed by atoms with Gasteiger partial charge in [0.15, 0.2) is 5.96 Å². The number of aliphatic imine (C=N–C) groups is 1. The predicted octanol–water partition coefficient (Wildman–Crippen LogP) is 2.85. The largest absolute Gasteiger partial charge is 0.489 e. The number of halogens is 1. The van der Waals surface area contributed by atoms with Crippen LogP contribution in [0.25, 0.3) is 0 Å². The summed E-state index contributed by atoms with van der Waals surface area (Å²) in [5, 5.41) is 6.85. The van der Waals surface area contributed by atoms with Gasteiger partial charge in [0.2, 0.25) is 0 Å². The summed E-state index contributed by atoms with van der Waals surface area (Å²) < 4.78 is 11.6. The van der Waals surface area contributed by atoms with E-state index in [1.165, 1.54) is 6.42 Å². The lowest BCUT2D eigenvalue weighted by Gasteiger charge is -2.23. The summed E-state index contributed by atoms with van der Waals surface area (Å²) in [5.74, 6) is 1.68. The molecule has 1 aromatic carbocycles. The van der Waals surface area contributed by atoms with Crippen molar-refractivity contribution in [3.05, 3.63) is 42.5 Å². The Labute approximate surface area is 160 Å². The van der Waals surface area contributed by atoms with Crippen LogP contribution in [0.2, 0.25) is 0 Å². The van der Waals surface area contributed by atoms with E-state index in [0.29, 0.717) is 31.4 Å². The predicted molar refractivity (Wildman–Crippen MR) is 107 cm³/mol. The van der Waals surface area contributed by atoms with E-state index >= 15 is 0 Å². The highest BCUT2D eigenvalue weighted by molar-refractivity contribution is 14.0. The molecule has 2 bridgehead atoms. The first kappa shape index (κ1) is 19.1. The molecule has 3 rings (SSSR count). The number of hydrogen-bond donors (Lipinski definition) is 2. The summed E-state index contributed by atoms with van der Waals surface area (Å²) in [7, 11) is 1.80. The van der Waals surface area contributed by atoms with E-state index in [9.17, 15) is 0 Å². The van der Waals surface area contributed by atoms with Crippen molar-refractivity contribution in [1.82, 2.24) is 10.6 Å². The summed E-state index contributed by atoms with van der Waals surface area (Å²) in [6.45, 7) is 4.86. The van der Waals surface area contributed by atoms with Crippen molar-refractivity contribution in [2.45, 2.75) is 44.1 Å². The van der Waals surface area contributed by atoms with Gasteiger partial charge in [-0.2, -0.15) is 0 Å². The molecule has 2 aliphatic rings. The maximum Gasteiger partial charge on any atom is 0.191 e. The topological polar surface area (TPSA) is 54.9 Å². The number of rotatable bonds is 6. The van der Waals surface area contributed by atoms with Crippen LogP contribution in [0.1, 0.15) is 24.8 Å². The minimum atomic E-state index is 0. The average molecular weight is 443 g/mol. The maximum absolute atomic E-state index is 5.88. The zero-order chi connectivity index (χ0) is 16.1. The summed E-state index contributed by atoms with van der Waals surface area (Å²) in [6, 6.07) is 8.38. The van der Waals surface area contributed by atoms with Gasteiger partial charge >= 0.3 is 0 Å². The maximum atomic E-state index is 5.88. The molecular weight excluding hydrogens is 417 g/mol. The standard InChI is InChI=1S/C18H25N3O2.HI/c1-3-10-22-16-7-5-4-6-13(16)12-20-18(19-2)21-15-11-14-8-9-17(15)23-14;/h3-7,14-15,17H,1,8-12H2,2H3,(H2,19,20,21);1H. The van der Waals surface area contributed by atoms with Crippen LogP contribution in [-0.4, -0.2) is 37.9 Å². The lowest BCUT2D eigenvalue weighted by atomic mass is 9.96. The van der Waals surface area contributed by atoms with E-state index in [2.05, 4.69) is 28.3 Å². The van der Waals surface area contributed by atoms with Crippen LogP contribution in [0.15, 0.2) is 41.9 Å². The first-order chi connectivity index (χ1) is 11.3. The number of nitrogens with zero attached hydrogens (tertiary/aromatic N) is 1. The third kappa shape index (κ3) is 4.63. The molecule has 1 aromatic rings. The third-order valence-electron chi connectivity index (χ3n) is 4.43. The number of nitrogens with one attached hydrogen (secondary N) is 2. The van der Waals surface area contributed by atoms with Gasteiger partial charge in [-0.05, 0) is 25.3 Å². The molecule has 0 aromatic heterocycles. The van der Waals surface area contributed by atoms with E-state index in [1.807, 2.05) is 18.2 Å². The lowest BCUT2D eigenvalue weighted by molar-refractivity contribution is 0.0992. The highest BCUT2D eigenvalue weighted by atomic mass is 127. The highest BCUT2D eigenvalue weighted by Gasteiger charge is 2.41. The van der Waals surface area contributed by atoms with Crippen LogP contribution in [0.4, 0.5) is 0 Å². The Morgan fingerprint density at radius 1 is 1.42 bits per heavy atom. The van der Waals surface area contributed by atoms with Gasteiger partial charge in [0.1, 0.15) is 12.4 Å². The first-order valence-electron chi connectivity index (χ1n) is 8.24. The molecule has 3 atom stereocenters. The van der Waals surface area contributed by atoms with Crippen LogP contribution in [0.3, 0.4) is 0 Å². The molecule has 3 unspecified atom stereocenters. The van der Waals surface area contributed by atoms with Gasteiger partial charge in [-0.25, -0.2) is 0 Å². The molecule has 2 heterocycles. The smallest absolute Gasteiger partial charge is 0.191 e. The number of para-hydroxylation sites is 1. The first-order valence-corrected chi connectivity index (χ1v) is 8.24. The van der Waals surface area contributed by atoms with Gasteiger partial charge in [-0.15, -0.1) is 24.0 Å². The van der Waals surface area contributed by atoms with Crippen LogP contribution in [0.5, 0.6) is 5.75 Å². The zero-order valence-electron chi connectivity index (χ0n) is 14.0. The Kier molecular flexibility index (Phi) is 7.36. The summed E-state index contributed by atoms with van der Waals surface area (Å²) in [6.07, 6.45) is 5.94. The molecule has 0 saturated carbocycles. The normalized spacial score (nSPS) is 25.0. The second kappa shape index (κ2) is 9.27. The number of ether oxygens (including phenoxy) is 2. The molecular formula is C18H26IN3O2. The molecule has 5 nitrogen and oxygen atoms in total. The number of hydrogen-bond acceptors (Lipinski definition) is 3. The molecule has 0 spiro atoms. The minimum absolute atomic E-state index is 0. The third-order valence-corrected chi connectivity index (χ3v) is 4.43. The number of benzene rings is 1. The second-order valence-electron chi connectivity index (χ2n) is 5.99. The minimum Gasteiger partial charge on any atom is -0.489 e. The van der Waals surface area contributed by atoms with Gasteiger partial charge in [0.25, 0.3) is 0 Å². The van der Waals surface area contributed by atoms with Crippen molar-refractivity contribution >= 4 is 29.9 Å². The molecule has 2 N–H and O–H groups in total. The lowest BCUT2D eigenvalue weighted by Crippen LogP contribution is -2.47. The van der Waals surface area contributed by atoms with Crippen LogP contribution in [0, 0.1) is 0 Å². The van der Waals surface area contributed by atoms with Crippen LogP contribution >= 0.6 is 24.0 Å². The Bertz CT molecular complexity index is 579. The Morgan fingerprint density at radius 3 is 2.92 bits per heavy atom. The molecule has 2 aliphatic heterocycles. The molecule has 0 aliphatic carbocycles. The van der Waals surface area contributed by atoms with E-state index in [-0.39, 0.29) is 24.0 Å². The SMILES string of the molecule is C=CCOc1ccccc1CNC(=NC)NC1CC2CCC1O2.I. The molecule has 2 saturated heterocycles. The molecule has 0 amide bonds. The van der Waals surface area contributed by atoms with E-state index in [0.717, 1.165) is 30.1 Å². The molecule has 6 heteroatoms. The molecule has 132 valence electrons. The Morgan fingerprint density at radius 2 is 2.25 bits per heavy atom. The highest BCUT2D eigenvalue weighted by Crippen LogP contribution is 2.34. The molecule has 0 radical (unpaired) electrons. The second-order valence-corrected chi connectivity index (χ2v) is 5.99. The molecule has 24 heavy (non-hydrogen) atoms.